The Morgan fingerprint density at radius 2 is 1.77 bits per heavy atom. The van der Waals surface area contributed by atoms with E-state index in [1.54, 1.807) is 0 Å². The molecule has 0 amide bonds. The second-order valence-electron chi connectivity index (χ2n) is 5.01. The van der Waals surface area contributed by atoms with Gasteiger partial charge in [0.1, 0.15) is 0 Å². The summed E-state index contributed by atoms with van der Waals surface area (Å²) in [6, 6.07) is 0. The van der Waals surface area contributed by atoms with Gasteiger partial charge < -0.3 is 5.11 Å². The SMILES string of the molecule is CC(C)CCC(O)CC1CCCC1. The highest BCUT2D eigenvalue weighted by Crippen LogP contribution is 2.29. The van der Waals surface area contributed by atoms with Crippen molar-refractivity contribution in [2.24, 2.45) is 11.8 Å². The number of hydrogen-bond acceptors (Lipinski definition) is 1. The van der Waals surface area contributed by atoms with Gasteiger partial charge in [-0.3, -0.25) is 0 Å². The van der Waals surface area contributed by atoms with E-state index < -0.39 is 0 Å². The summed E-state index contributed by atoms with van der Waals surface area (Å²) < 4.78 is 0. The Kier molecular flexibility index (Phi) is 4.79. The standard InChI is InChI=1S/C12H24O/c1-10(2)7-8-12(13)9-11-5-3-4-6-11/h10-13H,3-9H2,1-2H3. The van der Waals surface area contributed by atoms with Gasteiger partial charge in [-0.1, -0.05) is 39.5 Å². The molecule has 0 aromatic carbocycles. The van der Waals surface area contributed by atoms with Gasteiger partial charge >= 0.3 is 0 Å². The Morgan fingerprint density at radius 1 is 1.15 bits per heavy atom. The van der Waals surface area contributed by atoms with E-state index >= 15 is 0 Å². The third-order valence-corrected chi connectivity index (χ3v) is 3.16. The average molecular weight is 184 g/mol. The monoisotopic (exact) mass is 184 g/mol. The molecule has 1 saturated carbocycles. The molecule has 1 nitrogen and oxygen atoms in total. The fourth-order valence-corrected chi connectivity index (χ4v) is 2.27. The predicted octanol–water partition coefficient (Wildman–Crippen LogP) is 3.36. The molecule has 0 aromatic rings. The van der Waals surface area contributed by atoms with Crippen LogP contribution in [0, 0.1) is 11.8 Å². The second kappa shape index (κ2) is 5.64. The van der Waals surface area contributed by atoms with Crippen LogP contribution >= 0.6 is 0 Å². The third-order valence-electron chi connectivity index (χ3n) is 3.16. The van der Waals surface area contributed by atoms with Crippen LogP contribution in [0.4, 0.5) is 0 Å². The molecular formula is C12H24O. The molecule has 0 aliphatic heterocycles. The maximum absolute atomic E-state index is 9.76. The zero-order chi connectivity index (χ0) is 9.68. The Hall–Kier alpha value is -0.0400. The van der Waals surface area contributed by atoms with Crippen LogP contribution in [0.25, 0.3) is 0 Å². The maximum atomic E-state index is 9.76. The minimum absolute atomic E-state index is 0.0227. The molecule has 1 aliphatic carbocycles. The Balaban J connectivity index is 2.05. The third kappa shape index (κ3) is 4.66. The lowest BCUT2D eigenvalue weighted by Gasteiger charge is -2.15. The molecule has 0 radical (unpaired) electrons. The summed E-state index contributed by atoms with van der Waals surface area (Å²) in [5, 5.41) is 9.76. The summed E-state index contributed by atoms with van der Waals surface area (Å²) in [7, 11) is 0. The van der Waals surface area contributed by atoms with Crippen molar-refractivity contribution >= 4 is 0 Å². The number of rotatable bonds is 5. The zero-order valence-corrected chi connectivity index (χ0v) is 9.13. The number of hydrogen-bond donors (Lipinski definition) is 1. The molecule has 0 bridgehead atoms. The van der Waals surface area contributed by atoms with Crippen LogP contribution < -0.4 is 0 Å². The van der Waals surface area contributed by atoms with E-state index in [4.69, 9.17) is 0 Å². The molecule has 1 unspecified atom stereocenters. The summed E-state index contributed by atoms with van der Waals surface area (Å²) in [4.78, 5) is 0. The Bertz CT molecular complexity index is 125. The van der Waals surface area contributed by atoms with E-state index in [1.807, 2.05) is 0 Å². The molecule has 1 atom stereocenters. The first-order valence-electron chi connectivity index (χ1n) is 5.86. The van der Waals surface area contributed by atoms with Crippen molar-refractivity contribution in [1.82, 2.24) is 0 Å². The van der Waals surface area contributed by atoms with E-state index in [9.17, 15) is 5.11 Å². The summed E-state index contributed by atoms with van der Waals surface area (Å²) in [5.41, 5.74) is 0. The molecule has 1 heteroatoms. The van der Waals surface area contributed by atoms with Crippen LogP contribution in [-0.4, -0.2) is 11.2 Å². The van der Waals surface area contributed by atoms with Crippen LogP contribution in [-0.2, 0) is 0 Å². The molecule has 1 aliphatic rings. The van der Waals surface area contributed by atoms with Gasteiger partial charge in [-0.15, -0.1) is 0 Å². The largest absolute Gasteiger partial charge is 0.393 e. The lowest BCUT2D eigenvalue weighted by atomic mass is 9.95. The van der Waals surface area contributed by atoms with Gasteiger partial charge in [0.2, 0.25) is 0 Å². The van der Waals surface area contributed by atoms with Gasteiger partial charge in [-0.2, -0.15) is 0 Å². The zero-order valence-electron chi connectivity index (χ0n) is 9.13. The van der Waals surface area contributed by atoms with Crippen molar-refractivity contribution in [2.45, 2.75) is 64.9 Å². The highest BCUT2D eigenvalue weighted by atomic mass is 16.3. The molecule has 13 heavy (non-hydrogen) atoms. The van der Waals surface area contributed by atoms with E-state index in [0.717, 1.165) is 24.7 Å². The molecule has 0 heterocycles. The predicted molar refractivity (Wildman–Crippen MR) is 56.7 cm³/mol. The highest BCUT2D eigenvalue weighted by molar-refractivity contribution is 4.71. The summed E-state index contributed by atoms with van der Waals surface area (Å²) in [5.74, 6) is 1.57. The van der Waals surface area contributed by atoms with Gasteiger partial charge in [0.25, 0.3) is 0 Å². The van der Waals surface area contributed by atoms with Crippen molar-refractivity contribution in [2.75, 3.05) is 0 Å². The molecule has 78 valence electrons. The van der Waals surface area contributed by atoms with Crippen LogP contribution in [0.1, 0.15) is 58.8 Å². The summed E-state index contributed by atoms with van der Waals surface area (Å²) in [6.07, 6.45) is 8.72. The maximum Gasteiger partial charge on any atom is 0.0543 e. The quantitative estimate of drug-likeness (QED) is 0.694. The molecule has 1 fully saturated rings. The van der Waals surface area contributed by atoms with Crippen LogP contribution in [0.2, 0.25) is 0 Å². The smallest absolute Gasteiger partial charge is 0.0543 e. The van der Waals surface area contributed by atoms with Crippen molar-refractivity contribution < 1.29 is 5.11 Å². The lowest BCUT2D eigenvalue weighted by molar-refractivity contribution is 0.127. The molecule has 1 rings (SSSR count). The number of aliphatic hydroxyl groups is 1. The Morgan fingerprint density at radius 3 is 2.31 bits per heavy atom. The van der Waals surface area contributed by atoms with Gasteiger partial charge in [-0.25, -0.2) is 0 Å². The normalized spacial score (nSPS) is 21.2. The van der Waals surface area contributed by atoms with Crippen LogP contribution in [0.3, 0.4) is 0 Å². The fraction of sp³-hybridized carbons (Fsp3) is 1.00. The lowest BCUT2D eigenvalue weighted by Crippen LogP contribution is -2.12. The van der Waals surface area contributed by atoms with Crippen molar-refractivity contribution in [3.05, 3.63) is 0 Å². The van der Waals surface area contributed by atoms with Gasteiger partial charge in [0, 0.05) is 0 Å². The first-order chi connectivity index (χ1) is 6.18. The van der Waals surface area contributed by atoms with Gasteiger partial charge in [0.15, 0.2) is 0 Å². The van der Waals surface area contributed by atoms with E-state index in [0.29, 0.717) is 0 Å². The molecule has 0 aromatic heterocycles. The first-order valence-corrected chi connectivity index (χ1v) is 5.86. The number of aliphatic hydroxyl groups excluding tert-OH is 1. The van der Waals surface area contributed by atoms with Crippen molar-refractivity contribution in [1.29, 1.82) is 0 Å². The average Bonchev–Trinajstić information content (AvgIpc) is 2.53. The van der Waals surface area contributed by atoms with Crippen molar-refractivity contribution in [3.8, 4) is 0 Å². The fourth-order valence-electron chi connectivity index (χ4n) is 2.27. The van der Waals surface area contributed by atoms with Crippen LogP contribution in [0.15, 0.2) is 0 Å². The molecule has 1 N–H and O–H groups in total. The first kappa shape index (κ1) is 11.0. The van der Waals surface area contributed by atoms with Crippen LogP contribution in [0.5, 0.6) is 0 Å². The highest BCUT2D eigenvalue weighted by Gasteiger charge is 2.18. The minimum Gasteiger partial charge on any atom is -0.393 e. The van der Waals surface area contributed by atoms with E-state index in [2.05, 4.69) is 13.8 Å². The molecule has 0 saturated heterocycles. The van der Waals surface area contributed by atoms with E-state index in [-0.39, 0.29) is 6.10 Å². The van der Waals surface area contributed by atoms with Crippen molar-refractivity contribution in [3.63, 3.8) is 0 Å². The topological polar surface area (TPSA) is 20.2 Å². The second-order valence-corrected chi connectivity index (χ2v) is 5.01. The summed E-state index contributed by atoms with van der Waals surface area (Å²) >= 11 is 0. The summed E-state index contributed by atoms with van der Waals surface area (Å²) in [6.45, 7) is 4.45. The molecular weight excluding hydrogens is 160 g/mol. The minimum atomic E-state index is -0.0227. The van der Waals surface area contributed by atoms with Gasteiger partial charge in [-0.05, 0) is 31.1 Å². The Labute approximate surface area is 82.5 Å². The molecule has 0 spiro atoms. The van der Waals surface area contributed by atoms with Gasteiger partial charge in [0.05, 0.1) is 6.10 Å². The van der Waals surface area contributed by atoms with E-state index in [1.165, 1.54) is 32.1 Å².